The van der Waals surface area contributed by atoms with Gasteiger partial charge in [0, 0.05) is 5.56 Å². The Kier molecular flexibility index (Phi) is 4.39. The lowest BCUT2D eigenvalue weighted by Gasteiger charge is -2.14. The normalized spacial score (nSPS) is 14.9. The molecule has 0 saturated carbocycles. The second kappa shape index (κ2) is 6.03. The third kappa shape index (κ3) is 3.34. The maximum absolute atomic E-state index is 9.83. The smallest absolute Gasteiger partial charge is 0.137 e. The van der Waals surface area contributed by atoms with Crippen LogP contribution >= 0.6 is 0 Å². The van der Waals surface area contributed by atoms with Crippen LogP contribution in [0.3, 0.4) is 0 Å². The number of hydrogen-bond donors (Lipinski definition) is 2. The van der Waals surface area contributed by atoms with E-state index >= 15 is 0 Å². The highest BCUT2D eigenvalue weighted by Crippen LogP contribution is 2.28. The maximum atomic E-state index is 9.83. The molecule has 0 amide bonds. The fourth-order valence-corrected chi connectivity index (χ4v) is 2.07. The van der Waals surface area contributed by atoms with Crippen LogP contribution in [0.2, 0.25) is 0 Å². The molecule has 0 aromatic heterocycles. The van der Waals surface area contributed by atoms with Crippen molar-refractivity contribution in [3.63, 3.8) is 0 Å². The van der Waals surface area contributed by atoms with Crippen molar-refractivity contribution in [1.29, 1.82) is 0 Å². The summed E-state index contributed by atoms with van der Waals surface area (Å²) in [4.78, 5) is 0. The van der Waals surface area contributed by atoms with Gasteiger partial charge in [-0.2, -0.15) is 0 Å². The molecule has 0 fully saturated rings. The number of ether oxygens (including phenoxy) is 1. The Bertz CT molecular complexity index is 427. The fourth-order valence-electron chi connectivity index (χ4n) is 2.07. The van der Waals surface area contributed by atoms with E-state index in [0.29, 0.717) is 19.2 Å². The first-order valence-electron chi connectivity index (χ1n) is 6.59. The summed E-state index contributed by atoms with van der Waals surface area (Å²) in [7, 11) is 0. The summed E-state index contributed by atoms with van der Waals surface area (Å²) in [5, 5.41) is 11.9. The van der Waals surface area contributed by atoms with Gasteiger partial charge in [0.05, 0.1) is 6.04 Å². The Hall–Kier alpha value is -1.32. The molecular weight excluding hydrogens is 226 g/mol. The van der Waals surface area contributed by atoms with Crippen LogP contribution in [0.25, 0.3) is 6.08 Å². The molecule has 1 aliphatic rings. The van der Waals surface area contributed by atoms with Crippen molar-refractivity contribution in [1.82, 2.24) is 0 Å². The summed E-state index contributed by atoms with van der Waals surface area (Å²) in [6.45, 7) is 5.26. The Morgan fingerprint density at radius 3 is 3.00 bits per heavy atom. The highest BCUT2D eigenvalue weighted by Gasteiger charge is 2.13. The number of rotatable bonds is 6. The Labute approximate surface area is 108 Å². The van der Waals surface area contributed by atoms with Crippen molar-refractivity contribution in [2.45, 2.75) is 32.4 Å². The van der Waals surface area contributed by atoms with Crippen LogP contribution in [0.5, 0.6) is 5.75 Å². The standard InChI is InChI=1S/C15H21NO2/c1-11(2)16-9-13(17)10-18-15-8-4-6-12-5-3-7-14(12)15/h3-4,6-8,11,13,16-17H,5,9-10H2,1-2H3/p+1/t13-/m0/s1. The van der Waals surface area contributed by atoms with Crippen molar-refractivity contribution in [2.75, 3.05) is 13.2 Å². The van der Waals surface area contributed by atoms with Gasteiger partial charge in [0.1, 0.15) is 25.0 Å². The summed E-state index contributed by atoms with van der Waals surface area (Å²) in [5.74, 6) is 0.879. The van der Waals surface area contributed by atoms with E-state index in [-0.39, 0.29) is 0 Å². The fraction of sp³-hybridized carbons (Fsp3) is 0.467. The summed E-state index contributed by atoms with van der Waals surface area (Å²) in [6, 6.07) is 6.59. The maximum Gasteiger partial charge on any atom is 0.137 e. The number of allylic oxidation sites excluding steroid dienone is 1. The first kappa shape index (κ1) is 13.1. The summed E-state index contributed by atoms with van der Waals surface area (Å²) >= 11 is 0. The predicted molar refractivity (Wildman–Crippen MR) is 72.6 cm³/mol. The molecule has 3 heteroatoms. The van der Waals surface area contributed by atoms with Crippen LogP contribution in [-0.4, -0.2) is 30.4 Å². The summed E-state index contributed by atoms with van der Waals surface area (Å²) in [6.07, 6.45) is 4.79. The van der Waals surface area contributed by atoms with Gasteiger partial charge >= 0.3 is 0 Å². The number of aliphatic hydroxyl groups excluding tert-OH is 1. The zero-order valence-electron chi connectivity index (χ0n) is 11.1. The summed E-state index contributed by atoms with van der Waals surface area (Å²) < 4.78 is 5.72. The van der Waals surface area contributed by atoms with Crippen molar-refractivity contribution in [3.05, 3.63) is 35.4 Å². The molecule has 2 rings (SSSR count). The summed E-state index contributed by atoms with van der Waals surface area (Å²) in [5.41, 5.74) is 2.47. The third-order valence-corrected chi connectivity index (χ3v) is 3.09. The molecule has 3 N–H and O–H groups in total. The Morgan fingerprint density at radius 1 is 1.39 bits per heavy atom. The average Bonchev–Trinajstić information content (AvgIpc) is 2.82. The van der Waals surface area contributed by atoms with E-state index in [1.165, 1.54) is 5.56 Å². The lowest BCUT2D eigenvalue weighted by molar-refractivity contribution is -0.688. The van der Waals surface area contributed by atoms with Gasteiger partial charge in [0.2, 0.25) is 0 Å². The van der Waals surface area contributed by atoms with Crippen molar-refractivity contribution >= 4 is 6.08 Å². The molecule has 1 aliphatic carbocycles. The second-order valence-electron chi connectivity index (χ2n) is 5.12. The molecule has 98 valence electrons. The molecule has 1 aromatic carbocycles. The molecule has 1 atom stereocenters. The number of fused-ring (bicyclic) bond motifs is 1. The van der Waals surface area contributed by atoms with Gasteiger partial charge in [-0.05, 0) is 31.9 Å². The number of quaternary nitrogens is 1. The van der Waals surface area contributed by atoms with Crippen LogP contribution in [0.15, 0.2) is 24.3 Å². The third-order valence-electron chi connectivity index (χ3n) is 3.09. The van der Waals surface area contributed by atoms with Crippen LogP contribution in [0.4, 0.5) is 0 Å². The van der Waals surface area contributed by atoms with E-state index < -0.39 is 6.10 Å². The van der Waals surface area contributed by atoms with Crippen molar-refractivity contribution in [3.8, 4) is 5.75 Å². The molecule has 3 nitrogen and oxygen atoms in total. The van der Waals surface area contributed by atoms with Crippen LogP contribution in [0.1, 0.15) is 25.0 Å². The Balaban J connectivity index is 1.87. The predicted octanol–water partition coefficient (Wildman–Crippen LogP) is 0.967. The van der Waals surface area contributed by atoms with Gasteiger partial charge in [0.15, 0.2) is 0 Å². The van der Waals surface area contributed by atoms with Crippen molar-refractivity contribution in [2.24, 2.45) is 0 Å². The molecule has 0 unspecified atom stereocenters. The van der Waals surface area contributed by atoms with E-state index in [4.69, 9.17) is 4.74 Å². The number of aliphatic hydroxyl groups is 1. The molecule has 0 bridgehead atoms. The highest BCUT2D eigenvalue weighted by atomic mass is 16.5. The van der Waals surface area contributed by atoms with Gasteiger partial charge in [-0.25, -0.2) is 0 Å². The highest BCUT2D eigenvalue weighted by molar-refractivity contribution is 5.65. The minimum atomic E-state index is -0.423. The average molecular weight is 248 g/mol. The van der Waals surface area contributed by atoms with Crippen LogP contribution in [0, 0.1) is 0 Å². The topological polar surface area (TPSA) is 46.1 Å². The van der Waals surface area contributed by atoms with E-state index in [1.54, 1.807) is 0 Å². The quantitative estimate of drug-likeness (QED) is 0.788. The van der Waals surface area contributed by atoms with E-state index in [9.17, 15) is 5.11 Å². The van der Waals surface area contributed by atoms with Gasteiger partial charge in [-0.3, -0.25) is 0 Å². The molecule has 0 radical (unpaired) electrons. The molecule has 18 heavy (non-hydrogen) atoms. The van der Waals surface area contributed by atoms with E-state index in [2.05, 4.69) is 37.4 Å². The molecular formula is C15H22NO2+. The van der Waals surface area contributed by atoms with Crippen LogP contribution in [-0.2, 0) is 6.42 Å². The van der Waals surface area contributed by atoms with E-state index in [0.717, 1.165) is 17.7 Å². The molecule has 1 aromatic rings. The number of hydrogen-bond acceptors (Lipinski definition) is 2. The zero-order chi connectivity index (χ0) is 13.0. The monoisotopic (exact) mass is 248 g/mol. The van der Waals surface area contributed by atoms with Gasteiger partial charge in [-0.15, -0.1) is 0 Å². The second-order valence-corrected chi connectivity index (χ2v) is 5.12. The minimum Gasteiger partial charge on any atom is -0.490 e. The number of nitrogens with two attached hydrogens (primary N) is 1. The molecule has 0 heterocycles. The van der Waals surface area contributed by atoms with Gasteiger partial charge in [0.25, 0.3) is 0 Å². The molecule has 0 spiro atoms. The first-order valence-corrected chi connectivity index (χ1v) is 6.59. The molecule has 0 saturated heterocycles. The Morgan fingerprint density at radius 2 is 2.22 bits per heavy atom. The SMILES string of the molecule is CC(C)[NH2+]C[C@H](O)COc1cccc2c1C=CC2. The van der Waals surface area contributed by atoms with Gasteiger partial charge < -0.3 is 15.2 Å². The van der Waals surface area contributed by atoms with Gasteiger partial charge in [-0.1, -0.05) is 24.3 Å². The van der Waals surface area contributed by atoms with Crippen LogP contribution < -0.4 is 10.1 Å². The lowest BCUT2D eigenvalue weighted by atomic mass is 10.1. The minimum absolute atomic E-state index is 0.355. The largest absolute Gasteiger partial charge is 0.490 e. The van der Waals surface area contributed by atoms with Crippen molar-refractivity contribution < 1.29 is 15.2 Å². The first-order chi connectivity index (χ1) is 8.66. The lowest BCUT2D eigenvalue weighted by Crippen LogP contribution is -2.90. The number of benzene rings is 1. The molecule has 0 aliphatic heterocycles. The van der Waals surface area contributed by atoms with E-state index in [1.807, 2.05) is 12.1 Å². The zero-order valence-corrected chi connectivity index (χ0v) is 11.1.